The van der Waals surface area contributed by atoms with Crippen LogP contribution in [0.3, 0.4) is 0 Å². The van der Waals surface area contributed by atoms with Crippen molar-refractivity contribution in [2.45, 2.75) is 33.1 Å². The van der Waals surface area contributed by atoms with E-state index in [0.29, 0.717) is 34.8 Å². The van der Waals surface area contributed by atoms with Gasteiger partial charge in [0.25, 0.3) is 0 Å². The van der Waals surface area contributed by atoms with Crippen molar-refractivity contribution in [3.05, 3.63) is 89.4 Å². The Morgan fingerprint density at radius 3 is 2.29 bits per heavy atom. The van der Waals surface area contributed by atoms with E-state index in [1.54, 1.807) is 37.3 Å². The van der Waals surface area contributed by atoms with Gasteiger partial charge in [-0.1, -0.05) is 37.3 Å². The van der Waals surface area contributed by atoms with Crippen LogP contribution >= 0.6 is 0 Å². The molecule has 4 rings (SSSR count). The molecule has 0 N–H and O–H groups in total. The predicted octanol–water partition coefficient (Wildman–Crippen LogP) is 7.70. The highest BCUT2D eigenvalue weighted by atomic mass is 19.2. The van der Waals surface area contributed by atoms with Crippen molar-refractivity contribution in [3.8, 4) is 28.0 Å². The number of halogens is 3. The highest BCUT2D eigenvalue weighted by Gasteiger charge is 2.19. The third kappa shape index (κ3) is 5.01. The van der Waals surface area contributed by atoms with E-state index in [4.69, 9.17) is 9.47 Å². The number of carbonyl (C=O) groups excluding carboxylic acids is 1. The first-order valence-electron chi connectivity index (χ1n) is 11.3. The van der Waals surface area contributed by atoms with Gasteiger partial charge in [-0.25, -0.2) is 13.6 Å². The number of benzene rings is 3. The summed E-state index contributed by atoms with van der Waals surface area (Å²) in [5, 5.41) is 0. The van der Waals surface area contributed by atoms with Crippen LogP contribution in [0.25, 0.3) is 22.3 Å². The summed E-state index contributed by atoms with van der Waals surface area (Å²) in [5.41, 5.74) is 1.65. The minimum absolute atomic E-state index is 0.100. The summed E-state index contributed by atoms with van der Waals surface area (Å²) in [7, 11) is 0. The fraction of sp³-hybridized carbons (Fsp3) is 0.250. The molecule has 1 aliphatic rings. The summed E-state index contributed by atoms with van der Waals surface area (Å²) in [6.07, 6.45) is 4.33. The SMILES string of the molecule is CCOc1ccc(-c2ccc(-c3ccc(C(=O)OC4=CCC(C)CC4)c(F)c3)cc2)c(F)c1F. The van der Waals surface area contributed by atoms with E-state index in [2.05, 4.69) is 6.92 Å². The molecule has 0 fully saturated rings. The number of rotatable bonds is 6. The van der Waals surface area contributed by atoms with Crippen LogP contribution < -0.4 is 4.74 Å². The molecule has 0 spiro atoms. The van der Waals surface area contributed by atoms with Crippen LogP contribution in [0, 0.1) is 23.4 Å². The summed E-state index contributed by atoms with van der Waals surface area (Å²) >= 11 is 0. The zero-order valence-corrected chi connectivity index (χ0v) is 19.0. The Balaban J connectivity index is 1.52. The van der Waals surface area contributed by atoms with E-state index in [-0.39, 0.29) is 23.5 Å². The molecule has 0 heterocycles. The lowest BCUT2D eigenvalue weighted by molar-refractivity contribution is 0.0599. The highest BCUT2D eigenvalue weighted by molar-refractivity contribution is 5.91. The van der Waals surface area contributed by atoms with Crippen LogP contribution in [0.1, 0.15) is 43.5 Å². The zero-order chi connectivity index (χ0) is 24.2. The Labute approximate surface area is 196 Å². The Bertz CT molecular complexity index is 1230. The fourth-order valence-corrected chi connectivity index (χ4v) is 3.93. The van der Waals surface area contributed by atoms with E-state index in [9.17, 15) is 18.0 Å². The molecule has 1 unspecified atom stereocenters. The summed E-state index contributed by atoms with van der Waals surface area (Å²) in [6.45, 7) is 4.05. The third-order valence-electron chi connectivity index (χ3n) is 5.92. The van der Waals surface area contributed by atoms with Gasteiger partial charge in [0, 0.05) is 12.0 Å². The summed E-state index contributed by atoms with van der Waals surface area (Å²) in [5.74, 6) is -2.43. The smallest absolute Gasteiger partial charge is 0.346 e. The minimum atomic E-state index is -1.04. The molecular weight excluding hydrogens is 441 g/mol. The summed E-state index contributed by atoms with van der Waals surface area (Å²) in [4.78, 5) is 12.4. The number of hydrogen-bond donors (Lipinski definition) is 0. The number of allylic oxidation sites excluding steroid dienone is 2. The van der Waals surface area contributed by atoms with Crippen molar-refractivity contribution in [1.82, 2.24) is 0 Å². The van der Waals surface area contributed by atoms with Crippen LogP contribution in [0.2, 0.25) is 0 Å². The molecule has 34 heavy (non-hydrogen) atoms. The second kappa shape index (κ2) is 10.2. The van der Waals surface area contributed by atoms with Gasteiger partial charge in [-0.15, -0.1) is 0 Å². The van der Waals surface area contributed by atoms with Crippen LogP contribution in [0.5, 0.6) is 5.75 Å². The van der Waals surface area contributed by atoms with Gasteiger partial charge < -0.3 is 9.47 Å². The molecule has 3 aromatic rings. The summed E-state index contributed by atoms with van der Waals surface area (Å²) in [6, 6.07) is 13.8. The van der Waals surface area contributed by atoms with Crippen molar-refractivity contribution >= 4 is 5.97 Å². The monoisotopic (exact) mass is 466 g/mol. The second-order valence-electron chi connectivity index (χ2n) is 8.38. The highest BCUT2D eigenvalue weighted by Crippen LogP contribution is 2.32. The molecule has 1 atom stereocenters. The van der Waals surface area contributed by atoms with E-state index in [1.807, 2.05) is 6.08 Å². The first kappa shape index (κ1) is 23.6. The zero-order valence-electron chi connectivity index (χ0n) is 19.0. The Hall–Kier alpha value is -3.54. The average molecular weight is 466 g/mol. The molecule has 0 saturated carbocycles. The Morgan fingerprint density at radius 2 is 1.65 bits per heavy atom. The molecule has 3 nitrogen and oxygen atoms in total. The number of ether oxygens (including phenoxy) is 2. The van der Waals surface area contributed by atoms with Crippen LogP contribution in [0.4, 0.5) is 13.2 Å². The van der Waals surface area contributed by atoms with E-state index >= 15 is 0 Å². The average Bonchev–Trinajstić information content (AvgIpc) is 2.84. The lowest BCUT2D eigenvalue weighted by atomic mass is 9.95. The summed E-state index contributed by atoms with van der Waals surface area (Å²) < 4.78 is 53.9. The molecule has 0 bridgehead atoms. The number of carbonyl (C=O) groups is 1. The predicted molar refractivity (Wildman–Crippen MR) is 125 cm³/mol. The van der Waals surface area contributed by atoms with Crippen molar-refractivity contribution in [2.75, 3.05) is 6.61 Å². The Kier molecular flexibility index (Phi) is 7.06. The van der Waals surface area contributed by atoms with Crippen molar-refractivity contribution < 1.29 is 27.4 Å². The number of esters is 1. The molecule has 176 valence electrons. The van der Waals surface area contributed by atoms with Gasteiger partial charge in [0.15, 0.2) is 11.6 Å². The van der Waals surface area contributed by atoms with Gasteiger partial charge >= 0.3 is 5.97 Å². The maximum absolute atomic E-state index is 14.7. The standard InChI is InChI=1S/C28H25F3O3/c1-3-33-25-15-14-22(26(30)27(25)31)19-8-6-18(7-9-19)20-10-13-23(24(29)16-20)28(32)34-21-11-4-17(2)5-12-21/h6-11,13-17H,3-5,12H2,1-2H3. The first-order valence-corrected chi connectivity index (χ1v) is 11.3. The third-order valence-corrected chi connectivity index (χ3v) is 5.92. The first-order chi connectivity index (χ1) is 16.4. The lowest BCUT2D eigenvalue weighted by Gasteiger charge is -2.18. The van der Waals surface area contributed by atoms with E-state index in [1.165, 1.54) is 24.3 Å². The van der Waals surface area contributed by atoms with Crippen molar-refractivity contribution in [3.63, 3.8) is 0 Å². The molecule has 0 saturated heterocycles. The maximum Gasteiger partial charge on any atom is 0.346 e. The van der Waals surface area contributed by atoms with E-state index < -0.39 is 23.4 Å². The largest absolute Gasteiger partial charge is 0.491 e. The van der Waals surface area contributed by atoms with Gasteiger partial charge in [-0.3, -0.25) is 0 Å². The Morgan fingerprint density at radius 1 is 0.941 bits per heavy atom. The molecule has 0 aliphatic heterocycles. The molecule has 0 radical (unpaired) electrons. The molecule has 1 aliphatic carbocycles. The van der Waals surface area contributed by atoms with Gasteiger partial charge in [-0.05, 0) is 72.7 Å². The van der Waals surface area contributed by atoms with E-state index in [0.717, 1.165) is 12.8 Å². The van der Waals surface area contributed by atoms with Gasteiger partial charge in [0.1, 0.15) is 11.6 Å². The molecule has 0 amide bonds. The van der Waals surface area contributed by atoms with Crippen molar-refractivity contribution in [1.29, 1.82) is 0 Å². The molecular formula is C28H25F3O3. The van der Waals surface area contributed by atoms with Crippen LogP contribution in [-0.2, 0) is 4.74 Å². The van der Waals surface area contributed by atoms with Crippen molar-refractivity contribution in [2.24, 2.45) is 5.92 Å². The molecule has 6 heteroatoms. The lowest BCUT2D eigenvalue weighted by Crippen LogP contribution is -2.11. The molecule has 0 aromatic heterocycles. The quantitative estimate of drug-likeness (QED) is 0.349. The van der Waals surface area contributed by atoms with Gasteiger partial charge in [0.2, 0.25) is 5.82 Å². The molecule has 3 aromatic carbocycles. The van der Waals surface area contributed by atoms with Crippen LogP contribution in [0.15, 0.2) is 66.4 Å². The number of hydrogen-bond acceptors (Lipinski definition) is 3. The normalized spacial score (nSPS) is 15.6. The minimum Gasteiger partial charge on any atom is -0.491 e. The second-order valence-corrected chi connectivity index (χ2v) is 8.38. The maximum atomic E-state index is 14.7. The fourth-order valence-electron chi connectivity index (χ4n) is 3.93. The van der Waals surface area contributed by atoms with Gasteiger partial charge in [0.05, 0.1) is 12.2 Å². The topological polar surface area (TPSA) is 35.5 Å². The van der Waals surface area contributed by atoms with Gasteiger partial charge in [-0.2, -0.15) is 4.39 Å². The van der Waals surface area contributed by atoms with Crippen LogP contribution in [-0.4, -0.2) is 12.6 Å².